The molecule has 0 atom stereocenters. The Hall–Kier alpha value is -1.77. The molecule has 0 aliphatic rings. The lowest BCUT2D eigenvalue weighted by Gasteiger charge is -2.10. The molecule has 0 fully saturated rings. The van der Waals surface area contributed by atoms with Gasteiger partial charge in [-0.15, -0.1) is 0 Å². The Kier molecular flexibility index (Phi) is 2.00. The second-order valence-electron chi connectivity index (χ2n) is 3.32. The zero-order chi connectivity index (χ0) is 10.1. The molecule has 3 nitrogen and oxygen atoms in total. The van der Waals surface area contributed by atoms with Gasteiger partial charge in [-0.3, -0.25) is 14.1 Å². The molecular weight excluding hydrogens is 176 g/mol. The van der Waals surface area contributed by atoms with Gasteiger partial charge >= 0.3 is 0 Å². The molecule has 0 unspecified atom stereocenters. The van der Waals surface area contributed by atoms with Crippen LogP contribution in [0.25, 0.3) is 0 Å². The summed E-state index contributed by atoms with van der Waals surface area (Å²) in [5.74, 6) is 0. The first-order valence-corrected chi connectivity index (χ1v) is 4.52. The molecular formula is C11H12N2O. The van der Waals surface area contributed by atoms with E-state index in [4.69, 9.17) is 0 Å². The Balaban J connectivity index is 2.64. The fourth-order valence-electron chi connectivity index (χ4n) is 1.71. The first-order chi connectivity index (χ1) is 6.74. The zero-order valence-corrected chi connectivity index (χ0v) is 8.27. The molecule has 2 aromatic rings. The molecule has 0 saturated heterocycles. The van der Waals surface area contributed by atoms with Crippen molar-refractivity contribution in [1.29, 1.82) is 0 Å². The van der Waals surface area contributed by atoms with Crippen LogP contribution in [0.2, 0.25) is 0 Å². The van der Waals surface area contributed by atoms with Gasteiger partial charge in [-0.05, 0) is 32.0 Å². The molecule has 0 saturated carbocycles. The molecule has 3 heteroatoms. The average molecular weight is 188 g/mol. The van der Waals surface area contributed by atoms with Gasteiger partial charge in [0, 0.05) is 29.3 Å². The van der Waals surface area contributed by atoms with Crippen LogP contribution in [0, 0.1) is 13.8 Å². The molecule has 0 radical (unpaired) electrons. The molecule has 2 heterocycles. The van der Waals surface area contributed by atoms with Crippen LogP contribution in [-0.4, -0.2) is 15.6 Å². The Morgan fingerprint density at radius 1 is 1.21 bits per heavy atom. The maximum Gasteiger partial charge on any atom is 0.151 e. The third kappa shape index (κ3) is 1.18. The number of aldehydes is 1. The van der Waals surface area contributed by atoms with Crippen molar-refractivity contribution < 1.29 is 4.79 Å². The molecule has 0 bridgehead atoms. The number of nitrogens with zero attached hydrogens (tertiary/aromatic N) is 2. The smallest absolute Gasteiger partial charge is 0.151 e. The minimum absolute atomic E-state index is 0.746. The molecule has 2 rings (SSSR count). The van der Waals surface area contributed by atoms with E-state index >= 15 is 0 Å². The summed E-state index contributed by atoms with van der Waals surface area (Å²) in [6.07, 6.45) is 4.80. The number of aromatic nitrogens is 2. The van der Waals surface area contributed by atoms with Crippen LogP contribution in [0.3, 0.4) is 0 Å². The highest BCUT2D eigenvalue weighted by atomic mass is 16.1. The molecule has 0 spiro atoms. The van der Waals surface area contributed by atoms with Gasteiger partial charge in [0.25, 0.3) is 0 Å². The van der Waals surface area contributed by atoms with Gasteiger partial charge in [-0.1, -0.05) is 0 Å². The fraction of sp³-hybridized carbons (Fsp3) is 0.182. The predicted molar refractivity (Wildman–Crippen MR) is 54.5 cm³/mol. The Morgan fingerprint density at radius 3 is 2.36 bits per heavy atom. The summed E-state index contributed by atoms with van der Waals surface area (Å²) in [6.45, 7) is 3.93. The Morgan fingerprint density at radius 2 is 1.86 bits per heavy atom. The third-order valence-corrected chi connectivity index (χ3v) is 2.38. The van der Waals surface area contributed by atoms with Crippen molar-refractivity contribution in [1.82, 2.24) is 9.35 Å². The van der Waals surface area contributed by atoms with E-state index in [2.05, 4.69) is 0 Å². The van der Waals surface area contributed by atoms with E-state index in [-0.39, 0.29) is 0 Å². The maximum absolute atomic E-state index is 10.7. The SMILES string of the molecule is Cc1cc(C=O)c(C)n1-n1cccc1. The van der Waals surface area contributed by atoms with Gasteiger partial charge in [0.2, 0.25) is 0 Å². The molecule has 0 N–H and O–H groups in total. The van der Waals surface area contributed by atoms with E-state index < -0.39 is 0 Å². The number of hydrogen-bond donors (Lipinski definition) is 0. The molecule has 72 valence electrons. The van der Waals surface area contributed by atoms with E-state index in [0.717, 1.165) is 23.2 Å². The van der Waals surface area contributed by atoms with Gasteiger partial charge in [-0.2, -0.15) is 0 Å². The normalized spacial score (nSPS) is 10.4. The maximum atomic E-state index is 10.7. The second kappa shape index (κ2) is 3.18. The van der Waals surface area contributed by atoms with Crippen molar-refractivity contribution in [2.45, 2.75) is 13.8 Å². The quantitative estimate of drug-likeness (QED) is 0.662. The van der Waals surface area contributed by atoms with Gasteiger partial charge in [-0.25, -0.2) is 0 Å². The predicted octanol–water partition coefficient (Wildman–Crippen LogP) is 2.03. The van der Waals surface area contributed by atoms with Crippen LogP contribution in [0.15, 0.2) is 30.6 Å². The zero-order valence-electron chi connectivity index (χ0n) is 8.27. The van der Waals surface area contributed by atoms with Crippen LogP contribution >= 0.6 is 0 Å². The number of aryl methyl sites for hydroxylation is 1. The van der Waals surface area contributed by atoms with Gasteiger partial charge in [0.1, 0.15) is 0 Å². The van der Waals surface area contributed by atoms with Gasteiger partial charge < -0.3 is 0 Å². The summed E-state index contributed by atoms with van der Waals surface area (Å²) in [7, 11) is 0. The van der Waals surface area contributed by atoms with Gasteiger partial charge in [0.15, 0.2) is 6.29 Å². The van der Waals surface area contributed by atoms with Crippen molar-refractivity contribution in [2.75, 3.05) is 0 Å². The van der Waals surface area contributed by atoms with E-state index in [0.29, 0.717) is 0 Å². The van der Waals surface area contributed by atoms with E-state index in [1.807, 2.05) is 53.8 Å². The minimum Gasteiger partial charge on any atom is -0.298 e. The highest BCUT2D eigenvalue weighted by molar-refractivity contribution is 5.77. The van der Waals surface area contributed by atoms with Crippen molar-refractivity contribution >= 4 is 6.29 Å². The number of carbonyl (C=O) groups is 1. The van der Waals surface area contributed by atoms with Crippen molar-refractivity contribution in [2.24, 2.45) is 0 Å². The Labute approximate surface area is 82.6 Å². The van der Waals surface area contributed by atoms with Crippen LogP contribution in [-0.2, 0) is 0 Å². The first-order valence-electron chi connectivity index (χ1n) is 4.52. The number of carbonyl (C=O) groups excluding carboxylic acids is 1. The van der Waals surface area contributed by atoms with Crippen LogP contribution in [0.5, 0.6) is 0 Å². The topological polar surface area (TPSA) is 26.9 Å². The standard InChI is InChI=1S/C11H12N2O/c1-9-7-11(8-14)10(2)13(9)12-5-3-4-6-12/h3-8H,1-2H3. The molecule has 0 aromatic carbocycles. The highest BCUT2D eigenvalue weighted by Crippen LogP contribution is 2.13. The average Bonchev–Trinajstić information content (AvgIpc) is 2.74. The lowest BCUT2D eigenvalue weighted by molar-refractivity contribution is 0.112. The van der Waals surface area contributed by atoms with Crippen LogP contribution in [0.4, 0.5) is 0 Å². The molecule has 0 aliphatic carbocycles. The summed E-state index contributed by atoms with van der Waals surface area (Å²) in [6, 6.07) is 5.81. The number of hydrogen-bond acceptors (Lipinski definition) is 1. The highest BCUT2D eigenvalue weighted by Gasteiger charge is 2.08. The Bertz CT molecular complexity index is 452. The summed E-state index contributed by atoms with van der Waals surface area (Å²) >= 11 is 0. The third-order valence-electron chi connectivity index (χ3n) is 2.38. The van der Waals surface area contributed by atoms with E-state index in [1.54, 1.807) is 0 Å². The second-order valence-corrected chi connectivity index (χ2v) is 3.32. The largest absolute Gasteiger partial charge is 0.298 e. The molecule has 14 heavy (non-hydrogen) atoms. The lowest BCUT2D eigenvalue weighted by atomic mass is 10.3. The van der Waals surface area contributed by atoms with Crippen molar-refractivity contribution in [3.8, 4) is 0 Å². The van der Waals surface area contributed by atoms with Gasteiger partial charge in [0.05, 0.1) is 0 Å². The summed E-state index contributed by atoms with van der Waals surface area (Å²) < 4.78 is 3.96. The fourth-order valence-corrected chi connectivity index (χ4v) is 1.71. The molecule has 0 aliphatic heterocycles. The monoisotopic (exact) mass is 188 g/mol. The molecule has 2 aromatic heterocycles. The summed E-state index contributed by atoms with van der Waals surface area (Å²) in [4.78, 5) is 10.7. The first kappa shape index (κ1) is 8.81. The summed E-state index contributed by atoms with van der Waals surface area (Å²) in [5.41, 5.74) is 2.77. The number of rotatable bonds is 2. The van der Waals surface area contributed by atoms with Crippen LogP contribution < -0.4 is 0 Å². The summed E-state index contributed by atoms with van der Waals surface area (Å²) in [5, 5.41) is 0. The molecule has 0 amide bonds. The minimum atomic E-state index is 0.746. The van der Waals surface area contributed by atoms with Crippen molar-refractivity contribution in [3.63, 3.8) is 0 Å². The van der Waals surface area contributed by atoms with Crippen LogP contribution in [0.1, 0.15) is 21.7 Å². The van der Waals surface area contributed by atoms with E-state index in [1.165, 1.54) is 0 Å². The van der Waals surface area contributed by atoms with E-state index in [9.17, 15) is 4.79 Å². The van der Waals surface area contributed by atoms with Crippen molar-refractivity contribution in [3.05, 3.63) is 47.5 Å². The lowest BCUT2D eigenvalue weighted by Crippen LogP contribution is -2.10.